The molecule has 2 fully saturated rings. The average molecular weight is 517 g/mol. The fraction of sp³-hybridized carbons (Fsp3) is 0.345. The maximum absolute atomic E-state index is 13.4. The van der Waals surface area contributed by atoms with Gasteiger partial charge in [-0.25, -0.2) is 0 Å². The van der Waals surface area contributed by atoms with E-state index in [9.17, 15) is 14.4 Å². The Hall–Kier alpha value is -3.65. The number of benzene rings is 2. The second-order valence-corrected chi connectivity index (χ2v) is 10.9. The number of hydrogen-bond donors (Lipinski definition) is 2. The normalized spacial score (nSPS) is 18.8. The molecule has 8 heteroatoms. The molecule has 2 aliphatic rings. The lowest BCUT2D eigenvalue weighted by Gasteiger charge is -2.43. The highest BCUT2D eigenvalue weighted by molar-refractivity contribution is 7.13. The van der Waals surface area contributed by atoms with E-state index in [4.69, 9.17) is 5.73 Å². The van der Waals surface area contributed by atoms with E-state index < -0.39 is 0 Å². The molecule has 1 saturated carbocycles. The number of likely N-dealkylation sites (N-methyl/N-ethyl adjacent to an activating group) is 1. The molecule has 2 heterocycles. The van der Waals surface area contributed by atoms with Gasteiger partial charge in [0.2, 0.25) is 11.8 Å². The molecule has 1 atom stereocenters. The van der Waals surface area contributed by atoms with Crippen molar-refractivity contribution in [1.82, 2.24) is 9.80 Å². The molecule has 3 aromatic rings. The predicted molar refractivity (Wildman–Crippen MR) is 147 cm³/mol. The maximum atomic E-state index is 13.4. The second-order valence-electron chi connectivity index (χ2n) is 9.97. The lowest BCUT2D eigenvalue weighted by atomic mass is 9.82. The van der Waals surface area contributed by atoms with Crippen molar-refractivity contribution in [2.75, 3.05) is 24.6 Å². The number of nitrogen functional groups attached to an aromatic ring is 1. The Bertz CT molecular complexity index is 1280. The number of thiophene rings is 1. The average Bonchev–Trinajstić information content (AvgIpc) is 3.45. The number of carbonyl (C=O) groups is 3. The number of rotatable bonds is 6. The van der Waals surface area contributed by atoms with Crippen molar-refractivity contribution in [2.24, 2.45) is 5.92 Å². The molecule has 7 nitrogen and oxygen atoms in total. The van der Waals surface area contributed by atoms with E-state index in [1.165, 1.54) is 6.42 Å². The van der Waals surface area contributed by atoms with Gasteiger partial charge in [-0.3, -0.25) is 14.4 Å². The second kappa shape index (κ2) is 10.8. The van der Waals surface area contributed by atoms with E-state index in [0.29, 0.717) is 23.5 Å². The summed E-state index contributed by atoms with van der Waals surface area (Å²) >= 11 is 1.62. The van der Waals surface area contributed by atoms with Crippen LogP contribution in [0, 0.1) is 5.92 Å². The molecular weight excluding hydrogens is 484 g/mol. The summed E-state index contributed by atoms with van der Waals surface area (Å²) in [6.07, 6.45) is 5.41. The highest BCUT2D eigenvalue weighted by atomic mass is 32.1. The van der Waals surface area contributed by atoms with Crippen molar-refractivity contribution in [2.45, 2.75) is 44.7 Å². The summed E-state index contributed by atoms with van der Waals surface area (Å²) in [7, 11) is 1.76. The lowest BCUT2D eigenvalue weighted by molar-refractivity contribution is -0.157. The summed E-state index contributed by atoms with van der Waals surface area (Å²) in [6.45, 7) is 0.431. The third kappa shape index (κ3) is 5.39. The topological polar surface area (TPSA) is 95.7 Å². The monoisotopic (exact) mass is 516 g/mol. The Morgan fingerprint density at radius 2 is 1.81 bits per heavy atom. The van der Waals surface area contributed by atoms with Crippen molar-refractivity contribution >= 4 is 40.4 Å². The van der Waals surface area contributed by atoms with Gasteiger partial charge in [-0.2, -0.15) is 0 Å². The third-order valence-electron chi connectivity index (χ3n) is 7.49. The lowest BCUT2D eigenvalue weighted by Crippen LogP contribution is -2.60. The first kappa shape index (κ1) is 25.0. The van der Waals surface area contributed by atoms with Crippen LogP contribution in [0.1, 0.15) is 48.0 Å². The molecule has 1 aliphatic carbocycles. The van der Waals surface area contributed by atoms with Crippen LogP contribution in [-0.4, -0.2) is 47.2 Å². The third-order valence-corrected chi connectivity index (χ3v) is 8.41. The number of piperazine rings is 1. The minimum absolute atomic E-state index is 0.0199. The standard InChI is InChI=1S/C29H32N4O3S/c1-32-26(34)18-33(29(36)27(32)20-6-3-2-4-7-20)17-19-9-11-21(12-10-19)28(35)31-24-16-22(13-14-23(24)30)25-8-5-15-37-25/h5,8-16,20,27H,2-4,6-7,17-18,30H2,1H3,(H,31,35). The number of anilines is 2. The van der Waals surface area contributed by atoms with Crippen LogP contribution < -0.4 is 11.1 Å². The van der Waals surface area contributed by atoms with E-state index >= 15 is 0 Å². The quantitative estimate of drug-likeness (QED) is 0.451. The van der Waals surface area contributed by atoms with Crippen molar-refractivity contribution in [1.29, 1.82) is 0 Å². The molecule has 3 amide bonds. The Morgan fingerprint density at radius 3 is 2.51 bits per heavy atom. The summed E-state index contributed by atoms with van der Waals surface area (Å²) in [5, 5.41) is 4.92. The first-order valence-corrected chi connectivity index (χ1v) is 13.7. The zero-order valence-electron chi connectivity index (χ0n) is 21.0. The van der Waals surface area contributed by atoms with Gasteiger partial charge in [-0.05, 0) is 65.6 Å². The van der Waals surface area contributed by atoms with Crippen LogP contribution >= 0.6 is 11.3 Å². The summed E-state index contributed by atoms with van der Waals surface area (Å²) < 4.78 is 0. The van der Waals surface area contributed by atoms with Crippen LogP contribution in [-0.2, 0) is 16.1 Å². The number of hydrogen-bond acceptors (Lipinski definition) is 5. The fourth-order valence-corrected chi connectivity index (χ4v) is 6.12. The first-order chi connectivity index (χ1) is 17.9. The molecule has 37 heavy (non-hydrogen) atoms. The van der Waals surface area contributed by atoms with Gasteiger partial charge in [0.25, 0.3) is 5.91 Å². The van der Waals surface area contributed by atoms with Crippen molar-refractivity contribution in [3.8, 4) is 10.4 Å². The summed E-state index contributed by atoms with van der Waals surface area (Å²) in [5.74, 6) is -0.0231. The zero-order valence-corrected chi connectivity index (χ0v) is 21.8. The van der Waals surface area contributed by atoms with Gasteiger partial charge >= 0.3 is 0 Å². The van der Waals surface area contributed by atoms with Crippen LogP contribution in [0.15, 0.2) is 60.0 Å². The van der Waals surface area contributed by atoms with E-state index in [1.54, 1.807) is 46.4 Å². The van der Waals surface area contributed by atoms with Crippen molar-refractivity contribution in [3.05, 3.63) is 71.1 Å². The van der Waals surface area contributed by atoms with Crippen LogP contribution in [0.25, 0.3) is 10.4 Å². The molecular formula is C29H32N4O3S. The molecule has 1 aliphatic heterocycles. The zero-order chi connectivity index (χ0) is 25.9. The Balaban J connectivity index is 1.26. The summed E-state index contributed by atoms with van der Waals surface area (Å²) in [5.41, 5.74) is 9.54. The Morgan fingerprint density at radius 1 is 1.05 bits per heavy atom. The molecule has 5 rings (SSSR count). The van der Waals surface area contributed by atoms with Gasteiger partial charge in [0.05, 0.1) is 11.4 Å². The van der Waals surface area contributed by atoms with Gasteiger partial charge in [-0.1, -0.05) is 43.5 Å². The Kier molecular flexibility index (Phi) is 7.28. The molecule has 0 spiro atoms. The van der Waals surface area contributed by atoms with Gasteiger partial charge in [0, 0.05) is 24.0 Å². The highest BCUT2D eigenvalue weighted by Gasteiger charge is 2.41. The number of carbonyl (C=O) groups excluding carboxylic acids is 3. The smallest absolute Gasteiger partial charge is 0.255 e. The largest absolute Gasteiger partial charge is 0.397 e. The van der Waals surface area contributed by atoms with E-state index in [-0.39, 0.29) is 36.2 Å². The van der Waals surface area contributed by atoms with Gasteiger partial charge in [0.15, 0.2) is 0 Å². The van der Waals surface area contributed by atoms with E-state index in [2.05, 4.69) is 5.32 Å². The van der Waals surface area contributed by atoms with E-state index in [0.717, 1.165) is 41.7 Å². The molecule has 2 aromatic carbocycles. The molecule has 1 unspecified atom stereocenters. The van der Waals surface area contributed by atoms with Gasteiger partial charge < -0.3 is 20.9 Å². The molecule has 0 bridgehead atoms. The summed E-state index contributed by atoms with van der Waals surface area (Å²) in [4.78, 5) is 43.4. The molecule has 1 aromatic heterocycles. The van der Waals surface area contributed by atoms with Gasteiger partial charge in [-0.15, -0.1) is 11.3 Å². The Labute approximate surface area is 221 Å². The number of amides is 3. The number of nitrogens with zero attached hydrogens (tertiary/aromatic N) is 2. The number of nitrogens with one attached hydrogen (secondary N) is 1. The van der Waals surface area contributed by atoms with E-state index in [1.807, 2.05) is 41.8 Å². The minimum atomic E-state index is -0.373. The van der Waals surface area contributed by atoms with Crippen LogP contribution in [0.4, 0.5) is 11.4 Å². The van der Waals surface area contributed by atoms with Crippen LogP contribution in [0.2, 0.25) is 0 Å². The molecule has 1 saturated heterocycles. The van der Waals surface area contributed by atoms with Gasteiger partial charge in [0.1, 0.15) is 12.6 Å². The molecule has 0 radical (unpaired) electrons. The molecule has 192 valence electrons. The van der Waals surface area contributed by atoms with Crippen molar-refractivity contribution in [3.63, 3.8) is 0 Å². The fourth-order valence-electron chi connectivity index (χ4n) is 5.40. The first-order valence-electron chi connectivity index (χ1n) is 12.8. The summed E-state index contributed by atoms with van der Waals surface area (Å²) in [6, 6.07) is 16.4. The molecule has 3 N–H and O–H groups in total. The van der Waals surface area contributed by atoms with Crippen LogP contribution in [0.5, 0.6) is 0 Å². The van der Waals surface area contributed by atoms with Crippen molar-refractivity contribution < 1.29 is 14.4 Å². The van der Waals surface area contributed by atoms with Crippen LogP contribution in [0.3, 0.4) is 0 Å². The maximum Gasteiger partial charge on any atom is 0.255 e. The SMILES string of the molecule is CN1C(=O)CN(Cc2ccc(C(=O)Nc3cc(-c4cccs4)ccc3N)cc2)C(=O)C1C1CCCCC1. The number of nitrogens with two attached hydrogens (primary N) is 1. The predicted octanol–water partition coefficient (Wildman–Crippen LogP) is 5.00. The minimum Gasteiger partial charge on any atom is -0.397 e. The highest BCUT2D eigenvalue weighted by Crippen LogP contribution is 2.32.